The van der Waals surface area contributed by atoms with Gasteiger partial charge in [-0.15, -0.1) is 0 Å². The maximum atomic E-state index is 13.4. The molecule has 0 aliphatic carbocycles. The van der Waals surface area contributed by atoms with Gasteiger partial charge in [-0.2, -0.15) is 0 Å². The highest BCUT2D eigenvalue weighted by molar-refractivity contribution is 5.95. The predicted octanol–water partition coefficient (Wildman–Crippen LogP) is 0.826. The number of aliphatic hydroxyl groups is 1. The summed E-state index contributed by atoms with van der Waals surface area (Å²) in [6.45, 7) is 8.47. The highest BCUT2D eigenvalue weighted by Crippen LogP contribution is 2.32. The highest BCUT2D eigenvalue weighted by Gasteiger charge is 2.35. The summed E-state index contributed by atoms with van der Waals surface area (Å²) in [5.41, 5.74) is 6.31. The molecule has 0 saturated heterocycles. The number of benzene rings is 1. The zero-order valence-corrected chi connectivity index (χ0v) is 22.6. The molecule has 0 radical (unpaired) electrons. The van der Waals surface area contributed by atoms with E-state index < -0.39 is 35.1 Å². The Balaban J connectivity index is 2.00. The minimum Gasteiger partial charge on any atom is -0.453 e. The first-order valence-electron chi connectivity index (χ1n) is 12.4. The smallest absolute Gasteiger partial charge is 0.407 e. The highest BCUT2D eigenvalue weighted by atomic mass is 16.5. The van der Waals surface area contributed by atoms with Crippen molar-refractivity contribution >= 4 is 29.5 Å². The van der Waals surface area contributed by atoms with E-state index in [1.807, 2.05) is 38.1 Å². The first-order chi connectivity index (χ1) is 17.1. The lowest BCUT2D eigenvalue weighted by Crippen LogP contribution is -2.56. The average molecular weight is 520 g/mol. The molecule has 0 aromatic heterocycles. The van der Waals surface area contributed by atoms with Gasteiger partial charge in [-0.3, -0.25) is 14.4 Å². The van der Waals surface area contributed by atoms with E-state index in [2.05, 4.69) is 16.0 Å². The number of rotatable bonds is 10. The Morgan fingerprint density at radius 1 is 1.19 bits per heavy atom. The first-order valence-corrected chi connectivity index (χ1v) is 12.4. The van der Waals surface area contributed by atoms with Crippen LogP contribution in [0.5, 0.6) is 0 Å². The topological polar surface area (TPSA) is 163 Å². The molecule has 1 heterocycles. The van der Waals surface area contributed by atoms with Gasteiger partial charge in [-0.25, -0.2) is 4.79 Å². The summed E-state index contributed by atoms with van der Waals surface area (Å²) in [7, 11) is 1.30. The fourth-order valence-electron chi connectivity index (χ4n) is 4.57. The molecular formula is C26H41N5O6. The van der Waals surface area contributed by atoms with Crippen LogP contribution in [0.1, 0.15) is 53.0 Å². The second-order valence-corrected chi connectivity index (χ2v) is 11.0. The Morgan fingerprint density at radius 3 is 2.46 bits per heavy atom. The number of hydrogen-bond donors (Lipinski definition) is 5. The van der Waals surface area contributed by atoms with Crippen molar-refractivity contribution in [2.45, 2.75) is 77.6 Å². The Labute approximate surface area is 218 Å². The molecule has 0 fully saturated rings. The van der Waals surface area contributed by atoms with Crippen LogP contribution in [0.15, 0.2) is 24.3 Å². The molecule has 1 aromatic carbocycles. The van der Waals surface area contributed by atoms with Gasteiger partial charge >= 0.3 is 6.09 Å². The summed E-state index contributed by atoms with van der Waals surface area (Å²) in [4.78, 5) is 50.5. The number of hydrogen-bond acceptors (Lipinski definition) is 7. The summed E-state index contributed by atoms with van der Waals surface area (Å²) in [5.74, 6) is -0.907. The number of fused-ring (bicyclic) bond motifs is 1. The van der Waals surface area contributed by atoms with E-state index in [1.54, 1.807) is 18.7 Å². The molecule has 0 bridgehead atoms. The summed E-state index contributed by atoms with van der Waals surface area (Å²) in [5, 5.41) is 18.5. The van der Waals surface area contributed by atoms with Crippen molar-refractivity contribution in [3.8, 4) is 0 Å². The fraction of sp³-hybridized carbons (Fsp3) is 0.615. The van der Waals surface area contributed by atoms with Crippen LogP contribution in [0.25, 0.3) is 0 Å². The third-order valence-corrected chi connectivity index (χ3v) is 6.40. The van der Waals surface area contributed by atoms with Crippen molar-refractivity contribution in [2.75, 3.05) is 25.1 Å². The Kier molecular flexibility index (Phi) is 10.0. The summed E-state index contributed by atoms with van der Waals surface area (Å²) in [6, 6.07) is 6.59. The number of nitrogens with one attached hydrogen (secondary N) is 3. The van der Waals surface area contributed by atoms with Crippen molar-refractivity contribution in [3.63, 3.8) is 0 Å². The van der Waals surface area contributed by atoms with Crippen molar-refractivity contribution in [1.82, 2.24) is 16.0 Å². The van der Waals surface area contributed by atoms with Crippen molar-refractivity contribution < 1.29 is 29.0 Å². The molecule has 3 atom stereocenters. The molecule has 0 spiro atoms. The fourth-order valence-corrected chi connectivity index (χ4v) is 4.57. The molecule has 206 valence electrons. The molecule has 6 N–H and O–H groups in total. The third-order valence-electron chi connectivity index (χ3n) is 6.40. The number of nitrogens with zero attached hydrogens (tertiary/aromatic N) is 1. The molecule has 1 aliphatic rings. The number of methoxy groups -OCH3 is 1. The number of ether oxygens (including phenoxy) is 1. The van der Waals surface area contributed by atoms with E-state index in [4.69, 9.17) is 10.5 Å². The van der Waals surface area contributed by atoms with Gasteiger partial charge in [0.2, 0.25) is 17.7 Å². The third kappa shape index (κ3) is 8.71. The Bertz CT molecular complexity index is 995. The number of carbonyl (C=O) groups excluding carboxylic acids is 4. The van der Waals surface area contributed by atoms with Gasteiger partial charge in [0.05, 0.1) is 19.3 Å². The Hall–Kier alpha value is -3.18. The lowest BCUT2D eigenvalue weighted by molar-refractivity contribution is -0.131. The minimum absolute atomic E-state index is 0.0899. The van der Waals surface area contributed by atoms with Crippen molar-refractivity contribution in [3.05, 3.63) is 29.8 Å². The van der Waals surface area contributed by atoms with E-state index in [0.29, 0.717) is 19.4 Å². The van der Waals surface area contributed by atoms with E-state index in [1.165, 1.54) is 14.0 Å². The van der Waals surface area contributed by atoms with E-state index in [0.717, 1.165) is 11.3 Å². The number of nitrogens with two attached hydrogens (primary N) is 1. The van der Waals surface area contributed by atoms with Gasteiger partial charge in [-0.1, -0.05) is 32.0 Å². The number of para-hydroxylation sites is 1. The van der Waals surface area contributed by atoms with Crippen LogP contribution in [0.4, 0.5) is 10.5 Å². The SMILES string of the molecule is COC(=O)NC1Cc2ccccc2N(C(=O)CC(C)(C)C[C@H](N)[C@@H](O)CNC(=O)C(C)(C)NC(C)=O)C1. The van der Waals surface area contributed by atoms with Gasteiger partial charge in [-0.05, 0) is 43.7 Å². The van der Waals surface area contributed by atoms with E-state index in [-0.39, 0.29) is 30.8 Å². The van der Waals surface area contributed by atoms with Crippen LogP contribution < -0.4 is 26.6 Å². The van der Waals surface area contributed by atoms with E-state index >= 15 is 0 Å². The van der Waals surface area contributed by atoms with Crippen molar-refractivity contribution in [2.24, 2.45) is 11.1 Å². The zero-order chi connectivity index (χ0) is 28.0. The average Bonchev–Trinajstić information content (AvgIpc) is 2.79. The zero-order valence-electron chi connectivity index (χ0n) is 22.6. The number of alkyl carbamates (subject to hydrolysis) is 1. The molecule has 1 unspecified atom stereocenters. The van der Waals surface area contributed by atoms with Gasteiger partial charge in [0.1, 0.15) is 5.54 Å². The quantitative estimate of drug-likeness (QED) is 0.306. The summed E-state index contributed by atoms with van der Waals surface area (Å²) in [6.07, 6.45) is -0.529. The molecule has 2 rings (SSSR count). The Morgan fingerprint density at radius 2 is 1.84 bits per heavy atom. The molecule has 37 heavy (non-hydrogen) atoms. The first kappa shape index (κ1) is 30.0. The van der Waals surface area contributed by atoms with Crippen LogP contribution in [0.3, 0.4) is 0 Å². The standard InChI is InChI=1S/C26H41N5O6/c1-16(32)30-26(4,5)23(35)28-14-21(33)19(27)12-25(2,3)13-22(34)31-15-18(29-24(36)37-6)11-17-9-7-8-10-20(17)31/h7-10,18-19,21,33H,11-15,27H2,1-6H3,(H,28,35)(H,29,36)(H,30,32)/t18?,19-,21-/m0/s1. The van der Waals surface area contributed by atoms with Crippen LogP contribution in [-0.4, -0.2) is 72.8 Å². The number of carbonyl (C=O) groups is 4. The van der Waals surface area contributed by atoms with Gasteiger partial charge in [0.15, 0.2) is 0 Å². The van der Waals surface area contributed by atoms with Crippen LogP contribution in [-0.2, 0) is 25.5 Å². The molecule has 11 nitrogen and oxygen atoms in total. The largest absolute Gasteiger partial charge is 0.453 e. The number of amides is 4. The molecule has 1 aromatic rings. The molecular weight excluding hydrogens is 478 g/mol. The van der Waals surface area contributed by atoms with Crippen LogP contribution >= 0.6 is 0 Å². The predicted molar refractivity (Wildman–Crippen MR) is 140 cm³/mol. The maximum absolute atomic E-state index is 13.4. The lowest BCUT2D eigenvalue weighted by Gasteiger charge is -2.37. The number of aliphatic hydroxyl groups excluding tert-OH is 1. The molecule has 1 aliphatic heterocycles. The maximum Gasteiger partial charge on any atom is 0.407 e. The van der Waals surface area contributed by atoms with Crippen molar-refractivity contribution in [1.29, 1.82) is 0 Å². The second-order valence-electron chi connectivity index (χ2n) is 11.0. The second kappa shape index (κ2) is 12.4. The molecule has 0 saturated carbocycles. The number of anilines is 1. The van der Waals surface area contributed by atoms with Crippen LogP contribution in [0.2, 0.25) is 0 Å². The monoisotopic (exact) mass is 519 g/mol. The summed E-state index contributed by atoms with van der Waals surface area (Å²) < 4.78 is 4.72. The minimum atomic E-state index is -1.13. The van der Waals surface area contributed by atoms with Gasteiger partial charge in [0.25, 0.3) is 0 Å². The lowest BCUT2D eigenvalue weighted by atomic mass is 9.80. The molecule has 11 heteroatoms. The van der Waals surface area contributed by atoms with Gasteiger partial charge in [0, 0.05) is 38.2 Å². The van der Waals surface area contributed by atoms with Crippen LogP contribution in [0, 0.1) is 5.41 Å². The molecule has 4 amide bonds. The van der Waals surface area contributed by atoms with E-state index in [9.17, 15) is 24.3 Å². The van der Waals surface area contributed by atoms with Gasteiger partial charge < -0.3 is 36.4 Å². The summed E-state index contributed by atoms with van der Waals surface area (Å²) >= 11 is 0. The normalized spacial score (nSPS) is 17.2.